The van der Waals surface area contributed by atoms with Gasteiger partial charge in [0.2, 0.25) is 0 Å². The van der Waals surface area contributed by atoms with Crippen LogP contribution >= 0.6 is 0 Å². The minimum atomic E-state index is -0.537. The van der Waals surface area contributed by atoms with Crippen LogP contribution in [0.25, 0.3) is 0 Å². The van der Waals surface area contributed by atoms with E-state index in [-0.39, 0.29) is 6.61 Å². The lowest BCUT2D eigenvalue weighted by Crippen LogP contribution is -2.01. The lowest BCUT2D eigenvalue weighted by Gasteiger charge is -2.03. The molecule has 20 heavy (non-hydrogen) atoms. The van der Waals surface area contributed by atoms with Crippen molar-refractivity contribution in [3.8, 4) is 17.6 Å². The van der Waals surface area contributed by atoms with E-state index in [9.17, 15) is 4.79 Å². The molecule has 0 unspecified atom stereocenters. The van der Waals surface area contributed by atoms with Gasteiger partial charge >= 0.3 is 5.97 Å². The first-order valence-corrected chi connectivity index (χ1v) is 6.14. The second-order valence-electron chi connectivity index (χ2n) is 4.04. The molecule has 0 fully saturated rings. The highest BCUT2D eigenvalue weighted by molar-refractivity contribution is 5.89. The molecule has 100 valence electrons. The Morgan fingerprint density at radius 1 is 1.05 bits per heavy atom. The zero-order chi connectivity index (χ0) is 14.2. The Hall–Kier alpha value is -2.73. The summed E-state index contributed by atoms with van der Waals surface area (Å²) >= 11 is 0. The average molecular weight is 266 g/mol. The number of hydrogen-bond acceptors (Lipinski definition) is 3. The molecule has 0 aliphatic carbocycles. The van der Waals surface area contributed by atoms with Crippen molar-refractivity contribution in [2.75, 3.05) is 7.11 Å². The summed E-state index contributed by atoms with van der Waals surface area (Å²) < 4.78 is 10.1. The maximum Gasteiger partial charge on any atom is 0.385 e. The van der Waals surface area contributed by atoms with Gasteiger partial charge in [0.15, 0.2) is 0 Å². The maximum absolute atomic E-state index is 11.5. The first kappa shape index (κ1) is 13.7. The van der Waals surface area contributed by atoms with E-state index in [2.05, 4.69) is 11.8 Å². The first-order chi connectivity index (χ1) is 9.78. The van der Waals surface area contributed by atoms with Crippen LogP contribution in [0.3, 0.4) is 0 Å². The molecule has 2 aromatic carbocycles. The van der Waals surface area contributed by atoms with Gasteiger partial charge in [-0.2, -0.15) is 0 Å². The van der Waals surface area contributed by atoms with Crippen molar-refractivity contribution in [2.24, 2.45) is 0 Å². The third kappa shape index (κ3) is 4.18. The number of rotatable bonds is 3. The van der Waals surface area contributed by atoms with Crippen LogP contribution in [0.4, 0.5) is 0 Å². The Morgan fingerprint density at radius 2 is 1.75 bits per heavy atom. The third-order valence-electron chi connectivity index (χ3n) is 2.61. The highest BCUT2D eigenvalue weighted by Gasteiger charge is 1.99. The van der Waals surface area contributed by atoms with Gasteiger partial charge in [0, 0.05) is 11.5 Å². The molecule has 3 heteroatoms. The summed E-state index contributed by atoms with van der Waals surface area (Å²) in [6.07, 6.45) is 0. The van der Waals surface area contributed by atoms with Crippen molar-refractivity contribution in [3.63, 3.8) is 0 Å². The van der Waals surface area contributed by atoms with Crippen LogP contribution in [-0.2, 0) is 16.1 Å². The number of hydrogen-bond donors (Lipinski definition) is 0. The highest BCUT2D eigenvalue weighted by atomic mass is 16.5. The summed E-state index contributed by atoms with van der Waals surface area (Å²) in [6, 6.07) is 16.6. The Bertz CT molecular complexity index is 619. The Morgan fingerprint density at radius 3 is 2.40 bits per heavy atom. The van der Waals surface area contributed by atoms with Gasteiger partial charge in [-0.25, -0.2) is 4.79 Å². The van der Waals surface area contributed by atoms with Gasteiger partial charge in [-0.05, 0) is 29.8 Å². The fourth-order valence-electron chi connectivity index (χ4n) is 1.55. The zero-order valence-electron chi connectivity index (χ0n) is 11.1. The van der Waals surface area contributed by atoms with E-state index in [4.69, 9.17) is 9.47 Å². The van der Waals surface area contributed by atoms with Crippen LogP contribution in [0.1, 0.15) is 11.1 Å². The molecule has 2 rings (SSSR count). The topological polar surface area (TPSA) is 35.5 Å². The third-order valence-corrected chi connectivity index (χ3v) is 2.61. The molecule has 0 saturated carbocycles. The van der Waals surface area contributed by atoms with Crippen LogP contribution < -0.4 is 4.74 Å². The van der Waals surface area contributed by atoms with Crippen molar-refractivity contribution >= 4 is 5.97 Å². The molecule has 0 saturated heterocycles. The monoisotopic (exact) mass is 266 g/mol. The van der Waals surface area contributed by atoms with E-state index >= 15 is 0 Å². The van der Waals surface area contributed by atoms with Gasteiger partial charge in [-0.3, -0.25) is 0 Å². The van der Waals surface area contributed by atoms with E-state index in [0.29, 0.717) is 0 Å². The Labute approximate surface area is 118 Å². The number of carbonyl (C=O) groups is 1. The van der Waals surface area contributed by atoms with E-state index in [0.717, 1.165) is 16.9 Å². The van der Waals surface area contributed by atoms with E-state index in [1.807, 2.05) is 54.6 Å². The summed E-state index contributed by atoms with van der Waals surface area (Å²) in [4.78, 5) is 11.5. The van der Waals surface area contributed by atoms with Crippen molar-refractivity contribution in [1.82, 2.24) is 0 Å². The zero-order valence-corrected chi connectivity index (χ0v) is 11.1. The fourth-order valence-corrected chi connectivity index (χ4v) is 1.55. The summed E-state index contributed by atoms with van der Waals surface area (Å²) in [5.74, 6) is 5.44. The van der Waals surface area contributed by atoms with Gasteiger partial charge in [-0.15, -0.1) is 0 Å². The Balaban J connectivity index is 1.87. The second-order valence-corrected chi connectivity index (χ2v) is 4.04. The number of methoxy groups -OCH3 is 1. The minimum absolute atomic E-state index is 0.201. The van der Waals surface area contributed by atoms with E-state index < -0.39 is 5.97 Å². The summed E-state index contributed by atoms with van der Waals surface area (Å²) in [7, 11) is 1.61. The maximum atomic E-state index is 11.5. The van der Waals surface area contributed by atoms with Crippen LogP contribution in [0.2, 0.25) is 0 Å². The van der Waals surface area contributed by atoms with Crippen LogP contribution in [0.15, 0.2) is 54.6 Å². The molecule has 0 heterocycles. The molecule has 2 aromatic rings. The van der Waals surface area contributed by atoms with E-state index in [1.165, 1.54) is 0 Å². The SMILES string of the molecule is COc1ccc(COC(=O)C#Cc2ccccc2)cc1. The Kier molecular flexibility index (Phi) is 4.80. The molecule has 0 aromatic heterocycles. The van der Waals surface area contributed by atoms with Gasteiger partial charge in [0.1, 0.15) is 12.4 Å². The minimum Gasteiger partial charge on any atom is -0.497 e. The summed E-state index contributed by atoms with van der Waals surface area (Å²) in [5.41, 5.74) is 1.68. The molecule has 0 aliphatic heterocycles. The molecule has 0 radical (unpaired) electrons. The van der Waals surface area contributed by atoms with Crippen molar-refractivity contribution < 1.29 is 14.3 Å². The van der Waals surface area contributed by atoms with Crippen molar-refractivity contribution in [1.29, 1.82) is 0 Å². The van der Waals surface area contributed by atoms with Gasteiger partial charge < -0.3 is 9.47 Å². The molecular formula is C17H14O3. The lowest BCUT2D eigenvalue weighted by atomic mass is 10.2. The predicted molar refractivity (Wildman–Crippen MR) is 76.1 cm³/mol. The summed E-state index contributed by atoms with van der Waals surface area (Å²) in [6.45, 7) is 0.201. The van der Waals surface area contributed by atoms with Gasteiger partial charge in [0.25, 0.3) is 0 Å². The molecule has 3 nitrogen and oxygen atoms in total. The highest BCUT2D eigenvalue weighted by Crippen LogP contribution is 2.11. The van der Waals surface area contributed by atoms with Crippen LogP contribution in [0, 0.1) is 11.8 Å². The van der Waals surface area contributed by atoms with Crippen LogP contribution in [0.5, 0.6) is 5.75 Å². The van der Waals surface area contributed by atoms with E-state index in [1.54, 1.807) is 7.11 Å². The van der Waals surface area contributed by atoms with Crippen molar-refractivity contribution in [2.45, 2.75) is 6.61 Å². The second kappa shape index (κ2) is 7.01. The fraction of sp³-hybridized carbons (Fsp3) is 0.118. The molecule has 0 spiro atoms. The summed E-state index contributed by atoms with van der Waals surface area (Å²) in [5, 5.41) is 0. The largest absolute Gasteiger partial charge is 0.497 e. The number of ether oxygens (including phenoxy) is 2. The molecule has 0 aliphatic rings. The lowest BCUT2D eigenvalue weighted by molar-refractivity contribution is -0.137. The predicted octanol–water partition coefficient (Wildman–Crippen LogP) is 2.79. The van der Waals surface area contributed by atoms with Gasteiger partial charge in [0.05, 0.1) is 7.11 Å². The van der Waals surface area contributed by atoms with Gasteiger partial charge in [-0.1, -0.05) is 36.3 Å². The average Bonchev–Trinajstić information content (AvgIpc) is 2.52. The quantitative estimate of drug-likeness (QED) is 0.633. The molecular weight excluding hydrogens is 252 g/mol. The molecule has 0 amide bonds. The molecule has 0 bridgehead atoms. The normalized spacial score (nSPS) is 9.25. The molecule has 0 atom stereocenters. The number of benzene rings is 2. The number of esters is 1. The number of carbonyl (C=O) groups excluding carboxylic acids is 1. The molecule has 0 N–H and O–H groups in total. The first-order valence-electron chi connectivity index (χ1n) is 6.14. The van der Waals surface area contributed by atoms with Crippen LogP contribution in [-0.4, -0.2) is 13.1 Å². The standard InChI is InChI=1S/C17H14O3/c1-19-16-10-7-15(8-11-16)13-20-17(18)12-9-14-5-3-2-4-6-14/h2-8,10-11H,13H2,1H3. The van der Waals surface area contributed by atoms with Crippen molar-refractivity contribution in [3.05, 3.63) is 65.7 Å². The smallest absolute Gasteiger partial charge is 0.385 e.